The lowest BCUT2D eigenvalue weighted by molar-refractivity contribution is -0.0368. The summed E-state index contributed by atoms with van der Waals surface area (Å²) >= 11 is 6.53. The van der Waals surface area contributed by atoms with Crippen molar-refractivity contribution >= 4 is 79.7 Å². The topological polar surface area (TPSA) is 64.6 Å². The minimum atomic E-state index is -0.525. The Morgan fingerprint density at radius 1 is 1.00 bits per heavy atom. The number of nitrogens with one attached hydrogen (secondary N) is 1. The van der Waals surface area contributed by atoms with Crippen molar-refractivity contribution < 1.29 is 19.1 Å². The summed E-state index contributed by atoms with van der Waals surface area (Å²) in [7, 11) is 0. The van der Waals surface area contributed by atoms with Crippen LogP contribution in [0.2, 0.25) is 0 Å². The first-order valence-corrected chi connectivity index (χ1v) is 12.8. The van der Waals surface area contributed by atoms with E-state index in [0.717, 1.165) is 36.6 Å². The molecule has 0 unspecified atom stereocenters. The SMILES string of the molecule is CC(C)(OC(=O)c1ccc(OC(=O)c2cc(I)cc(I)c2I)cc1)C1CCNCC1. The molecule has 1 N–H and O–H groups in total. The molecule has 0 bridgehead atoms. The van der Waals surface area contributed by atoms with Gasteiger partial charge in [-0.3, -0.25) is 0 Å². The van der Waals surface area contributed by atoms with Crippen molar-refractivity contribution in [3.63, 3.8) is 0 Å². The number of ether oxygens (including phenoxy) is 2. The van der Waals surface area contributed by atoms with Crippen molar-refractivity contribution in [2.45, 2.75) is 32.3 Å². The zero-order valence-corrected chi connectivity index (χ0v) is 23.1. The zero-order valence-electron chi connectivity index (χ0n) is 16.6. The van der Waals surface area contributed by atoms with Crippen LogP contribution in [0, 0.1) is 16.6 Å². The minimum Gasteiger partial charge on any atom is -0.456 e. The summed E-state index contributed by atoms with van der Waals surface area (Å²) in [5.74, 6) is -0.0583. The van der Waals surface area contributed by atoms with E-state index in [9.17, 15) is 9.59 Å². The van der Waals surface area contributed by atoms with Crippen LogP contribution in [-0.4, -0.2) is 30.6 Å². The maximum Gasteiger partial charge on any atom is 0.344 e. The molecule has 0 atom stereocenters. The molecule has 0 aromatic heterocycles. The number of halogens is 3. The summed E-state index contributed by atoms with van der Waals surface area (Å²) in [5.41, 5.74) is 0.442. The van der Waals surface area contributed by atoms with E-state index in [1.807, 2.05) is 19.9 Å². The van der Waals surface area contributed by atoms with Crippen molar-refractivity contribution in [3.05, 3.63) is 58.2 Å². The summed E-state index contributed by atoms with van der Waals surface area (Å²) < 4.78 is 14.2. The number of carbonyl (C=O) groups excluding carboxylic acids is 2. The largest absolute Gasteiger partial charge is 0.456 e. The van der Waals surface area contributed by atoms with Gasteiger partial charge in [-0.15, -0.1) is 0 Å². The molecule has 0 radical (unpaired) electrons. The summed E-state index contributed by atoms with van der Waals surface area (Å²) in [6.45, 7) is 5.84. The first-order chi connectivity index (χ1) is 14.2. The molecule has 1 aliphatic heterocycles. The van der Waals surface area contributed by atoms with Crippen LogP contribution in [0.3, 0.4) is 0 Å². The Balaban J connectivity index is 1.66. The molecular weight excluding hydrogens is 723 g/mol. The van der Waals surface area contributed by atoms with Gasteiger partial charge in [0.05, 0.1) is 11.1 Å². The quantitative estimate of drug-likeness (QED) is 0.186. The predicted octanol–water partition coefficient (Wildman–Crippen LogP) is 5.65. The minimum absolute atomic E-state index is 0.335. The molecule has 5 nitrogen and oxygen atoms in total. The highest BCUT2D eigenvalue weighted by atomic mass is 127. The average molecular weight is 745 g/mol. The van der Waals surface area contributed by atoms with Gasteiger partial charge >= 0.3 is 11.9 Å². The fourth-order valence-corrected chi connectivity index (χ4v) is 5.80. The monoisotopic (exact) mass is 745 g/mol. The average Bonchev–Trinajstić information content (AvgIpc) is 2.71. The Morgan fingerprint density at radius 2 is 1.63 bits per heavy atom. The Morgan fingerprint density at radius 3 is 2.27 bits per heavy atom. The fourth-order valence-electron chi connectivity index (χ4n) is 3.42. The smallest absolute Gasteiger partial charge is 0.344 e. The Kier molecular flexibility index (Phi) is 8.41. The van der Waals surface area contributed by atoms with Gasteiger partial charge in [0.1, 0.15) is 11.4 Å². The first-order valence-electron chi connectivity index (χ1n) is 9.58. The molecule has 8 heteroatoms. The van der Waals surface area contributed by atoms with Gasteiger partial charge in [-0.05, 0) is 144 Å². The van der Waals surface area contributed by atoms with Crippen molar-refractivity contribution in [1.82, 2.24) is 5.32 Å². The second kappa shape index (κ2) is 10.4. The predicted molar refractivity (Wildman–Crippen MR) is 141 cm³/mol. The summed E-state index contributed by atoms with van der Waals surface area (Å²) in [6.07, 6.45) is 1.98. The highest BCUT2D eigenvalue weighted by Gasteiger charge is 2.34. The van der Waals surface area contributed by atoms with E-state index < -0.39 is 11.6 Å². The Bertz CT molecular complexity index is 938. The number of benzene rings is 2. The van der Waals surface area contributed by atoms with Crippen molar-refractivity contribution in [2.75, 3.05) is 13.1 Å². The van der Waals surface area contributed by atoms with Crippen molar-refractivity contribution in [2.24, 2.45) is 5.92 Å². The van der Waals surface area contributed by atoms with Crippen molar-refractivity contribution in [3.8, 4) is 5.75 Å². The highest BCUT2D eigenvalue weighted by molar-refractivity contribution is 14.1. The number of esters is 2. The second-order valence-corrected chi connectivity index (χ2v) is 11.2. The second-order valence-electron chi connectivity index (χ2n) is 7.68. The van der Waals surface area contributed by atoms with Gasteiger partial charge in [0.15, 0.2) is 0 Å². The van der Waals surface area contributed by atoms with Crippen LogP contribution in [0.4, 0.5) is 0 Å². The van der Waals surface area contributed by atoms with Crippen LogP contribution in [0.15, 0.2) is 36.4 Å². The number of hydrogen-bond acceptors (Lipinski definition) is 5. The number of piperidine rings is 1. The van der Waals surface area contributed by atoms with Crippen LogP contribution >= 0.6 is 67.8 Å². The van der Waals surface area contributed by atoms with Crippen LogP contribution in [0.5, 0.6) is 5.75 Å². The molecule has 1 heterocycles. The molecule has 1 fully saturated rings. The fraction of sp³-hybridized carbons (Fsp3) is 0.364. The van der Waals surface area contributed by atoms with E-state index in [1.165, 1.54) is 0 Å². The Hall–Kier alpha value is -0.470. The lowest BCUT2D eigenvalue weighted by atomic mass is 9.83. The van der Waals surface area contributed by atoms with Gasteiger partial charge in [0.25, 0.3) is 0 Å². The third kappa shape index (κ3) is 6.06. The van der Waals surface area contributed by atoms with Crippen molar-refractivity contribution in [1.29, 1.82) is 0 Å². The van der Waals surface area contributed by atoms with Gasteiger partial charge in [0, 0.05) is 16.6 Å². The molecule has 160 valence electrons. The summed E-state index contributed by atoms with van der Waals surface area (Å²) in [5, 5.41) is 3.33. The van der Waals surface area contributed by atoms with Crippen LogP contribution in [-0.2, 0) is 4.74 Å². The molecule has 30 heavy (non-hydrogen) atoms. The van der Waals surface area contributed by atoms with Gasteiger partial charge < -0.3 is 14.8 Å². The third-order valence-corrected chi connectivity index (χ3v) is 8.86. The third-order valence-electron chi connectivity index (χ3n) is 5.19. The highest BCUT2D eigenvalue weighted by Crippen LogP contribution is 2.30. The Labute approximate surface area is 217 Å². The van der Waals surface area contributed by atoms with E-state index >= 15 is 0 Å². The molecule has 3 rings (SSSR count). The van der Waals surface area contributed by atoms with E-state index in [4.69, 9.17) is 9.47 Å². The van der Waals surface area contributed by atoms with E-state index in [2.05, 4.69) is 73.1 Å². The van der Waals surface area contributed by atoms with E-state index in [1.54, 1.807) is 30.3 Å². The molecule has 0 saturated carbocycles. The molecule has 2 aromatic carbocycles. The number of carbonyl (C=O) groups is 2. The van der Waals surface area contributed by atoms with Crippen LogP contribution in [0.1, 0.15) is 47.4 Å². The molecule has 0 aliphatic carbocycles. The molecule has 0 spiro atoms. The van der Waals surface area contributed by atoms with Gasteiger partial charge in [-0.1, -0.05) is 0 Å². The number of rotatable bonds is 5. The standard InChI is InChI=1S/C22H22I3NO4/c1-22(2,14-7-9-26-10-8-14)30-20(27)13-3-5-16(6-4-13)29-21(28)17-11-15(23)12-18(24)19(17)25/h3-6,11-12,14,26H,7-10H2,1-2H3. The molecule has 2 aromatic rings. The van der Waals surface area contributed by atoms with Crippen LogP contribution in [0.25, 0.3) is 0 Å². The summed E-state index contributed by atoms with van der Waals surface area (Å²) in [4.78, 5) is 25.2. The maximum atomic E-state index is 12.6. The first kappa shape index (κ1) is 24.2. The normalized spacial score (nSPS) is 15.0. The molecule has 0 amide bonds. The molecular formula is C22H22I3NO4. The maximum absolute atomic E-state index is 12.6. The lowest BCUT2D eigenvalue weighted by Gasteiger charge is -2.36. The number of hydrogen-bond donors (Lipinski definition) is 1. The van der Waals surface area contributed by atoms with E-state index in [-0.39, 0.29) is 5.97 Å². The lowest BCUT2D eigenvalue weighted by Crippen LogP contribution is -2.42. The zero-order chi connectivity index (χ0) is 21.9. The summed E-state index contributed by atoms with van der Waals surface area (Å²) in [6, 6.07) is 10.3. The van der Waals surface area contributed by atoms with Gasteiger partial charge in [-0.25, -0.2) is 9.59 Å². The van der Waals surface area contributed by atoms with Gasteiger partial charge in [0.2, 0.25) is 0 Å². The molecule has 1 saturated heterocycles. The molecule has 1 aliphatic rings. The van der Waals surface area contributed by atoms with Gasteiger partial charge in [-0.2, -0.15) is 0 Å². The van der Waals surface area contributed by atoms with E-state index in [0.29, 0.717) is 22.8 Å². The van der Waals surface area contributed by atoms with Crippen LogP contribution < -0.4 is 10.1 Å².